The van der Waals surface area contributed by atoms with E-state index in [1.165, 1.54) is 6.07 Å². The van der Waals surface area contributed by atoms with E-state index in [9.17, 15) is 4.39 Å². The first kappa shape index (κ1) is 9.42. The molecule has 2 rings (SSSR count). The van der Waals surface area contributed by atoms with Crippen LogP contribution in [0.5, 0.6) is 0 Å². The molecule has 4 heteroatoms. The highest BCUT2D eigenvalue weighted by Crippen LogP contribution is 2.38. The standard InChI is InChI=1S/C8H9FN2.ClH/c9-8-2-1-5(4-11-8)6-3-7(6)10;/h1-2,4,6-7H,3,10H2;1H. The van der Waals surface area contributed by atoms with Gasteiger partial charge in [0, 0.05) is 18.2 Å². The maximum absolute atomic E-state index is 12.3. The largest absolute Gasteiger partial charge is 0.327 e. The van der Waals surface area contributed by atoms with Crippen molar-refractivity contribution in [2.75, 3.05) is 0 Å². The zero-order chi connectivity index (χ0) is 7.84. The summed E-state index contributed by atoms with van der Waals surface area (Å²) in [6, 6.07) is 3.39. The molecule has 1 heterocycles. The van der Waals surface area contributed by atoms with Crippen molar-refractivity contribution >= 4 is 12.4 Å². The molecule has 0 amide bonds. The van der Waals surface area contributed by atoms with Crippen LogP contribution in [0.3, 0.4) is 0 Å². The molecule has 1 aromatic heterocycles. The van der Waals surface area contributed by atoms with Gasteiger partial charge in [-0.25, -0.2) is 4.98 Å². The van der Waals surface area contributed by atoms with Crippen molar-refractivity contribution in [3.8, 4) is 0 Å². The normalized spacial score (nSPS) is 26.2. The van der Waals surface area contributed by atoms with Crippen LogP contribution < -0.4 is 5.73 Å². The van der Waals surface area contributed by atoms with Crippen LogP contribution in [0.25, 0.3) is 0 Å². The first-order valence-corrected chi connectivity index (χ1v) is 3.64. The number of hydrogen-bond donors (Lipinski definition) is 1. The van der Waals surface area contributed by atoms with E-state index in [1.807, 2.05) is 0 Å². The first-order chi connectivity index (χ1) is 5.27. The summed E-state index contributed by atoms with van der Waals surface area (Å²) in [5.41, 5.74) is 6.67. The minimum Gasteiger partial charge on any atom is -0.327 e. The molecule has 66 valence electrons. The fraction of sp³-hybridized carbons (Fsp3) is 0.375. The van der Waals surface area contributed by atoms with Crippen molar-refractivity contribution in [1.82, 2.24) is 4.98 Å². The Morgan fingerprint density at radius 1 is 1.50 bits per heavy atom. The van der Waals surface area contributed by atoms with Gasteiger partial charge in [0.05, 0.1) is 0 Å². The fourth-order valence-electron chi connectivity index (χ4n) is 1.20. The van der Waals surface area contributed by atoms with Crippen molar-refractivity contribution in [2.45, 2.75) is 18.4 Å². The molecule has 2 nitrogen and oxygen atoms in total. The molecule has 0 aliphatic heterocycles. The Morgan fingerprint density at radius 2 is 2.17 bits per heavy atom. The smallest absolute Gasteiger partial charge is 0.212 e. The predicted molar refractivity (Wildman–Crippen MR) is 46.8 cm³/mol. The molecule has 0 aromatic carbocycles. The van der Waals surface area contributed by atoms with Crippen molar-refractivity contribution in [3.05, 3.63) is 29.8 Å². The highest BCUT2D eigenvalue weighted by Gasteiger charge is 2.34. The topological polar surface area (TPSA) is 38.9 Å². The summed E-state index contributed by atoms with van der Waals surface area (Å²) in [5, 5.41) is 0. The lowest BCUT2D eigenvalue weighted by Gasteiger charge is -1.95. The number of pyridine rings is 1. The average Bonchev–Trinajstić information content (AvgIpc) is 2.69. The molecule has 1 aliphatic carbocycles. The maximum atomic E-state index is 12.3. The number of nitrogens with two attached hydrogens (primary N) is 1. The van der Waals surface area contributed by atoms with Crippen molar-refractivity contribution < 1.29 is 4.39 Å². The summed E-state index contributed by atoms with van der Waals surface area (Å²) >= 11 is 0. The molecule has 2 N–H and O–H groups in total. The molecule has 0 bridgehead atoms. The summed E-state index contributed by atoms with van der Waals surface area (Å²) < 4.78 is 12.3. The van der Waals surface area contributed by atoms with Crippen molar-refractivity contribution in [1.29, 1.82) is 0 Å². The number of nitrogens with zero attached hydrogens (tertiary/aromatic N) is 1. The van der Waals surface area contributed by atoms with Gasteiger partial charge in [-0.2, -0.15) is 4.39 Å². The predicted octanol–water partition coefficient (Wildman–Crippen LogP) is 1.46. The highest BCUT2D eigenvalue weighted by molar-refractivity contribution is 5.85. The third-order valence-electron chi connectivity index (χ3n) is 2.02. The van der Waals surface area contributed by atoms with Gasteiger partial charge in [0.2, 0.25) is 5.95 Å². The van der Waals surface area contributed by atoms with Crippen LogP contribution in [-0.2, 0) is 0 Å². The summed E-state index contributed by atoms with van der Waals surface area (Å²) in [4.78, 5) is 3.55. The minimum absolute atomic E-state index is 0. The lowest BCUT2D eigenvalue weighted by Crippen LogP contribution is -2.01. The van der Waals surface area contributed by atoms with Crippen molar-refractivity contribution in [3.63, 3.8) is 0 Å². The van der Waals surface area contributed by atoms with Gasteiger partial charge in [0.25, 0.3) is 0 Å². The first-order valence-electron chi connectivity index (χ1n) is 3.64. The van der Waals surface area contributed by atoms with Crippen LogP contribution in [0, 0.1) is 5.95 Å². The van der Waals surface area contributed by atoms with Crippen LogP contribution in [0.1, 0.15) is 17.9 Å². The summed E-state index contributed by atoms with van der Waals surface area (Å²) in [6.45, 7) is 0. The minimum atomic E-state index is -0.428. The molecule has 1 aromatic rings. The molecule has 1 saturated carbocycles. The van der Waals surface area contributed by atoms with E-state index in [0.717, 1.165) is 12.0 Å². The average molecular weight is 189 g/mol. The number of rotatable bonds is 1. The maximum Gasteiger partial charge on any atom is 0.212 e. The Bertz CT molecular complexity index is 262. The molecule has 0 radical (unpaired) electrons. The van der Waals surface area contributed by atoms with Gasteiger partial charge in [0.1, 0.15) is 0 Å². The molecular formula is C8H10ClFN2. The Morgan fingerprint density at radius 3 is 2.58 bits per heavy atom. The van der Waals surface area contributed by atoms with Crippen LogP contribution in [-0.4, -0.2) is 11.0 Å². The second kappa shape index (κ2) is 3.37. The van der Waals surface area contributed by atoms with Crippen LogP contribution >= 0.6 is 12.4 Å². The van der Waals surface area contributed by atoms with E-state index in [-0.39, 0.29) is 18.4 Å². The molecular weight excluding hydrogens is 179 g/mol. The third kappa shape index (κ3) is 1.73. The SMILES string of the molecule is Cl.NC1CC1c1ccc(F)nc1. The lowest BCUT2D eigenvalue weighted by molar-refractivity contribution is 0.582. The number of aromatic nitrogens is 1. The molecule has 12 heavy (non-hydrogen) atoms. The molecule has 0 saturated heterocycles. The van der Waals surface area contributed by atoms with Crippen LogP contribution in [0.4, 0.5) is 4.39 Å². The van der Waals surface area contributed by atoms with Crippen LogP contribution in [0.15, 0.2) is 18.3 Å². The summed E-state index contributed by atoms with van der Waals surface area (Å²) in [6.07, 6.45) is 2.57. The van der Waals surface area contributed by atoms with E-state index >= 15 is 0 Å². The molecule has 1 aliphatic rings. The highest BCUT2D eigenvalue weighted by atomic mass is 35.5. The zero-order valence-corrected chi connectivity index (χ0v) is 7.22. The Labute approximate surface area is 76.4 Å². The van der Waals surface area contributed by atoms with E-state index in [0.29, 0.717) is 5.92 Å². The van der Waals surface area contributed by atoms with E-state index in [4.69, 9.17) is 5.73 Å². The third-order valence-corrected chi connectivity index (χ3v) is 2.02. The molecule has 0 spiro atoms. The summed E-state index contributed by atoms with van der Waals surface area (Å²) in [7, 11) is 0. The Balaban J connectivity index is 0.000000720. The van der Waals surface area contributed by atoms with Gasteiger partial charge in [-0.1, -0.05) is 6.07 Å². The molecule has 2 unspecified atom stereocenters. The molecule has 1 fully saturated rings. The Hall–Kier alpha value is -0.670. The number of halogens is 2. The fourth-order valence-corrected chi connectivity index (χ4v) is 1.20. The van der Waals surface area contributed by atoms with Crippen molar-refractivity contribution in [2.24, 2.45) is 5.73 Å². The van der Waals surface area contributed by atoms with Gasteiger partial charge in [-0.05, 0) is 18.1 Å². The lowest BCUT2D eigenvalue weighted by atomic mass is 10.2. The van der Waals surface area contributed by atoms with E-state index < -0.39 is 5.95 Å². The van der Waals surface area contributed by atoms with Crippen LogP contribution in [0.2, 0.25) is 0 Å². The summed E-state index contributed by atoms with van der Waals surface area (Å²) in [5.74, 6) is -0.00827. The van der Waals surface area contributed by atoms with E-state index in [1.54, 1.807) is 12.3 Å². The monoisotopic (exact) mass is 188 g/mol. The second-order valence-electron chi connectivity index (χ2n) is 2.92. The van der Waals surface area contributed by atoms with Gasteiger partial charge >= 0.3 is 0 Å². The van der Waals surface area contributed by atoms with Gasteiger partial charge in [-0.15, -0.1) is 12.4 Å². The van der Waals surface area contributed by atoms with Gasteiger partial charge in [0.15, 0.2) is 0 Å². The number of hydrogen-bond acceptors (Lipinski definition) is 2. The molecule has 2 atom stereocenters. The zero-order valence-electron chi connectivity index (χ0n) is 6.40. The van der Waals surface area contributed by atoms with Gasteiger partial charge < -0.3 is 5.73 Å². The quantitative estimate of drug-likeness (QED) is 0.678. The Kier molecular flexibility index (Phi) is 2.65. The van der Waals surface area contributed by atoms with E-state index in [2.05, 4.69) is 4.98 Å². The second-order valence-corrected chi connectivity index (χ2v) is 2.92. The van der Waals surface area contributed by atoms with Gasteiger partial charge in [-0.3, -0.25) is 0 Å².